The van der Waals surface area contributed by atoms with Crippen LogP contribution in [0.1, 0.15) is 47.1 Å². The molecule has 0 aliphatic rings. The van der Waals surface area contributed by atoms with Crippen molar-refractivity contribution in [1.82, 2.24) is 29.8 Å². The highest BCUT2D eigenvalue weighted by Gasteiger charge is 2.19. The maximum Gasteiger partial charge on any atom is 0.214 e. The summed E-state index contributed by atoms with van der Waals surface area (Å²) in [6.07, 6.45) is 1.77. The molecule has 154 valence electrons. The van der Waals surface area contributed by atoms with Crippen LogP contribution in [0.4, 0.5) is 0 Å². The minimum atomic E-state index is 0.0422. The molecular weight excluding hydrogens is 416 g/mol. The van der Waals surface area contributed by atoms with Gasteiger partial charge in [0.2, 0.25) is 5.16 Å². The number of thioether (sulfide) groups is 1. The summed E-state index contributed by atoms with van der Waals surface area (Å²) in [6, 6.07) is 10.1. The van der Waals surface area contributed by atoms with Gasteiger partial charge in [0, 0.05) is 28.5 Å². The second kappa shape index (κ2) is 8.53. The highest BCUT2D eigenvalue weighted by Crippen LogP contribution is 2.25. The molecule has 0 saturated carbocycles. The monoisotopic (exact) mass is 438 g/mol. The molecule has 7 nitrogen and oxygen atoms in total. The van der Waals surface area contributed by atoms with Crippen molar-refractivity contribution in [3.63, 3.8) is 0 Å². The van der Waals surface area contributed by atoms with E-state index in [0.29, 0.717) is 16.6 Å². The van der Waals surface area contributed by atoms with Gasteiger partial charge in [0.05, 0.1) is 11.4 Å². The van der Waals surface area contributed by atoms with Gasteiger partial charge in [-0.1, -0.05) is 37.7 Å². The zero-order valence-corrected chi connectivity index (χ0v) is 18.9. The molecule has 0 aliphatic heterocycles. The molecule has 9 heteroatoms. The third kappa shape index (κ3) is 3.95. The Hall–Kier alpha value is -2.78. The van der Waals surface area contributed by atoms with Crippen LogP contribution < -0.4 is 0 Å². The fourth-order valence-electron chi connectivity index (χ4n) is 3.31. The van der Waals surface area contributed by atoms with E-state index in [2.05, 4.69) is 46.5 Å². The van der Waals surface area contributed by atoms with Gasteiger partial charge < -0.3 is 0 Å². The number of hydrogen-bond acceptors (Lipinski definition) is 7. The molecule has 0 amide bonds. The Morgan fingerprint density at radius 3 is 2.63 bits per heavy atom. The number of thiazole rings is 1. The summed E-state index contributed by atoms with van der Waals surface area (Å²) in [7, 11) is 0. The van der Waals surface area contributed by atoms with Gasteiger partial charge in [-0.2, -0.15) is 4.68 Å². The molecule has 1 aromatic carbocycles. The van der Waals surface area contributed by atoms with E-state index < -0.39 is 0 Å². The van der Waals surface area contributed by atoms with E-state index in [0.717, 1.165) is 22.2 Å². The van der Waals surface area contributed by atoms with Gasteiger partial charge in [-0.15, -0.1) is 16.4 Å². The maximum absolute atomic E-state index is 12.9. The van der Waals surface area contributed by atoms with Crippen molar-refractivity contribution in [3.8, 4) is 10.8 Å². The van der Waals surface area contributed by atoms with Crippen LogP contribution >= 0.6 is 23.1 Å². The Balaban J connectivity index is 1.51. The van der Waals surface area contributed by atoms with Gasteiger partial charge >= 0.3 is 0 Å². The first kappa shape index (κ1) is 20.5. The maximum atomic E-state index is 12.9. The molecule has 3 heterocycles. The van der Waals surface area contributed by atoms with Gasteiger partial charge in [0.15, 0.2) is 10.9 Å². The molecule has 3 aromatic heterocycles. The number of aromatic nitrogens is 6. The fraction of sp³-hybridized carbons (Fsp3) is 0.286. The average Bonchev–Trinajstić information content (AvgIpc) is 3.47. The van der Waals surface area contributed by atoms with Crippen LogP contribution in [-0.4, -0.2) is 41.3 Å². The van der Waals surface area contributed by atoms with Crippen molar-refractivity contribution in [2.75, 3.05) is 5.75 Å². The lowest BCUT2D eigenvalue weighted by atomic mass is 10.0. The molecule has 0 aliphatic carbocycles. The van der Waals surface area contributed by atoms with Crippen molar-refractivity contribution < 1.29 is 4.79 Å². The zero-order valence-electron chi connectivity index (χ0n) is 17.2. The van der Waals surface area contributed by atoms with Crippen molar-refractivity contribution in [1.29, 1.82) is 0 Å². The molecule has 0 saturated heterocycles. The van der Waals surface area contributed by atoms with Gasteiger partial charge in [-0.25, -0.2) is 4.98 Å². The molecule has 0 unspecified atom stereocenters. The predicted molar refractivity (Wildman–Crippen MR) is 119 cm³/mol. The van der Waals surface area contributed by atoms with Gasteiger partial charge in [-0.05, 0) is 54.0 Å². The largest absolute Gasteiger partial charge is 0.294 e. The molecule has 4 rings (SSSR count). The van der Waals surface area contributed by atoms with Crippen LogP contribution in [0.15, 0.2) is 47.1 Å². The summed E-state index contributed by atoms with van der Waals surface area (Å²) in [6.45, 7) is 8.25. The molecule has 4 aromatic rings. The molecule has 0 fully saturated rings. The molecule has 0 spiro atoms. The number of aryl methyl sites for hydroxylation is 1. The van der Waals surface area contributed by atoms with Crippen molar-refractivity contribution >= 4 is 28.9 Å². The van der Waals surface area contributed by atoms with E-state index in [4.69, 9.17) is 0 Å². The number of nitrogens with zero attached hydrogens (tertiary/aromatic N) is 6. The fourth-order valence-corrected chi connectivity index (χ4v) is 4.83. The van der Waals surface area contributed by atoms with E-state index in [1.165, 1.54) is 17.3 Å². The van der Waals surface area contributed by atoms with Crippen molar-refractivity contribution in [3.05, 3.63) is 64.4 Å². The Morgan fingerprint density at radius 2 is 1.97 bits per heavy atom. The molecule has 0 N–H and O–H groups in total. The van der Waals surface area contributed by atoms with E-state index in [-0.39, 0.29) is 11.5 Å². The smallest absolute Gasteiger partial charge is 0.214 e. The van der Waals surface area contributed by atoms with E-state index in [9.17, 15) is 4.79 Å². The molecule has 0 atom stereocenters. The van der Waals surface area contributed by atoms with Crippen molar-refractivity contribution in [2.24, 2.45) is 0 Å². The SMILES string of the molecule is Cc1cc(C(=O)CSc2nnnn2-c2ccc(C(C)C)cc2)c(C)n1-c1nccs1. The van der Waals surface area contributed by atoms with E-state index in [1.54, 1.807) is 22.2 Å². The summed E-state index contributed by atoms with van der Waals surface area (Å²) >= 11 is 2.89. The Kier molecular flexibility index (Phi) is 5.83. The highest BCUT2D eigenvalue weighted by atomic mass is 32.2. The van der Waals surface area contributed by atoms with Gasteiger partial charge in [-0.3, -0.25) is 9.36 Å². The van der Waals surface area contributed by atoms with E-state index in [1.807, 2.05) is 42.0 Å². The quantitative estimate of drug-likeness (QED) is 0.309. The highest BCUT2D eigenvalue weighted by molar-refractivity contribution is 7.99. The second-order valence-electron chi connectivity index (χ2n) is 7.27. The van der Waals surface area contributed by atoms with Gasteiger partial charge in [0.1, 0.15) is 0 Å². The van der Waals surface area contributed by atoms with Crippen molar-refractivity contribution in [2.45, 2.75) is 38.8 Å². The normalized spacial score (nSPS) is 11.4. The Morgan fingerprint density at radius 1 is 1.20 bits per heavy atom. The summed E-state index contributed by atoms with van der Waals surface area (Å²) in [4.78, 5) is 17.3. The standard InChI is InChI=1S/C21H22N6OS2/c1-13(2)16-5-7-17(8-6-16)27-21(23-24-25-27)30-12-19(28)18-11-14(3)26(15(18)4)20-22-9-10-29-20/h5-11,13H,12H2,1-4H3. The van der Waals surface area contributed by atoms with Crippen LogP contribution in [0.5, 0.6) is 0 Å². The first-order valence-electron chi connectivity index (χ1n) is 9.59. The predicted octanol–water partition coefficient (Wildman–Crippen LogP) is 4.62. The summed E-state index contributed by atoms with van der Waals surface area (Å²) < 4.78 is 3.68. The summed E-state index contributed by atoms with van der Waals surface area (Å²) in [5.41, 5.74) is 4.73. The van der Waals surface area contributed by atoms with Crippen LogP contribution in [-0.2, 0) is 0 Å². The minimum absolute atomic E-state index is 0.0422. The lowest BCUT2D eigenvalue weighted by molar-refractivity contribution is 0.102. The average molecular weight is 439 g/mol. The number of ketones is 1. The molecule has 0 radical (unpaired) electrons. The Bertz CT molecular complexity index is 1160. The van der Waals surface area contributed by atoms with E-state index >= 15 is 0 Å². The topological polar surface area (TPSA) is 78.5 Å². The Labute approximate surface area is 183 Å². The number of Topliss-reactive ketones (excluding diaryl/α,β-unsaturated/α-hetero) is 1. The van der Waals surface area contributed by atoms with Crippen LogP contribution in [0.2, 0.25) is 0 Å². The molecule has 30 heavy (non-hydrogen) atoms. The molecule has 0 bridgehead atoms. The lowest BCUT2D eigenvalue weighted by Gasteiger charge is -2.08. The van der Waals surface area contributed by atoms with Crippen LogP contribution in [0.25, 0.3) is 10.8 Å². The number of benzene rings is 1. The van der Waals surface area contributed by atoms with Gasteiger partial charge in [0.25, 0.3) is 0 Å². The summed E-state index contributed by atoms with van der Waals surface area (Å²) in [5.74, 6) is 0.760. The number of rotatable bonds is 7. The number of tetrazole rings is 1. The van der Waals surface area contributed by atoms with Crippen LogP contribution in [0, 0.1) is 13.8 Å². The lowest BCUT2D eigenvalue weighted by Crippen LogP contribution is -2.07. The first-order chi connectivity index (χ1) is 14.5. The number of carbonyl (C=O) groups is 1. The first-order valence-corrected chi connectivity index (χ1v) is 11.5. The number of carbonyl (C=O) groups excluding carboxylic acids is 1. The van der Waals surface area contributed by atoms with Crippen LogP contribution in [0.3, 0.4) is 0 Å². The molecular formula is C21H22N6OS2. The second-order valence-corrected chi connectivity index (χ2v) is 9.08. The number of hydrogen-bond donors (Lipinski definition) is 0. The summed E-state index contributed by atoms with van der Waals surface area (Å²) in [5, 5.41) is 15.4. The minimum Gasteiger partial charge on any atom is -0.294 e. The zero-order chi connectivity index (χ0) is 21.3. The third-order valence-corrected chi connectivity index (χ3v) is 6.60. The third-order valence-electron chi connectivity index (χ3n) is 4.92.